The van der Waals surface area contributed by atoms with Gasteiger partial charge in [0.25, 0.3) is 0 Å². The zero-order valence-corrected chi connectivity index (χ0v) is 19.7. The smallest absolute Gasteiger partial charge is 0.338 e. The number of carbonyl (C=O) groups excluding carboxylic acids is 1. The molecule has 0 heterocycles. The first-order valence-corrected chi connectivity index (χ1v) is 10.3. The summed E-state index contributed by atoms with van der Waals surface area (Å²) in [6.07, 6.45) is -0.234. The lowest BCUT2D eigenvalue weighted by Gasteiger charge is -2.27. The summed E-state index contributed by atoms with van der Waals surface area (Å²) in [6.45, 7) is 11.5. The maximum Gasteiger partial charge on any atom is 0.338 e. The normalized spacial score (nSPS) is 11.3. The highest BCUT2D eigenvalue weighted by molar-refractivity contribution is 6.33. The number of nitrogens with two attached hydrogens (primary N) is 1. The average Bonchev–Trinajstić information content (AvgIpc) is 2.62. The van der Waals surface area contributed by atoms with Gasteiger partial charge < -0.3 is 20.7 Å². The zero-order valence-electron chi connectivity index (χ0n) is 19.0. The van der Waals surface area contributed by atoms with Gasteiger partial charge in [-0.3, -0.25) is 4.79 Å². The number of hydrogen-bond acceptors (Lipinski definition) is 5. The molecule has 0 aliphatic heterocycles. The zero-order chi connectivity index (χ0) is 24.0. The number of halogens is 1. The van der Waals surface area contributed by atoms with Crippen LogP contribution in [-0.2, 0) is 20.4 Å². The van der Waals surface area contributed by atoms with Crippen molar-refractivity contribution in [3.05, 3.63) is 58.1 Å². The molecule has 0 saturated heterocycles. The number of carboxylic acids is 1. The number of aliphatic carboxylic acids is 1. The van der Waals surface area contributed by atoms with E-state index < -0.39 is 11.9 Å². The number of carbonyl (C=O) groups is 2. The van der Waals surface area contributed by atoms with E-state index >= 15 is 0 Å². The molecule has 6 nitrogen and oxygen atoms in total. The second-order valence-electron chi connectivity index (χ2n) is 9.22. The Balaban J connectivity index is 0.000000500. The third-order valence-electron chi connectivity index (χ3n) is 4.42. The minimum Gasteiger partial charge on any atom is -0.507 e. The molecule has 31 heavy (non-hydrogen) atoms. The highest BCUT2D eigenvalue weighted by atomic mass is 35.5. The van der Waals surface area contributed by atoms with Gasteiger partial charge in [0, 0.05) is 11.1 Å². The molecule has 2 rings (SSSR count). The molecule has 7 heteroatoms. The lowest BCUT2D eigenvalue weighted by atomic mass is 9.78. The second-order valence-corrected chi connectivity index (χ2v) is 9.63. The molecule has 0 aliphatic rings. The van der Waals surface area contributed by atoms with Crippen LogP contribution in [0.15, 0.2) is 36.4 Å². The largest absolute Gasteiger partial charge is 0.507 e. The van der Waals surface area contributed by atoms with Crippen LogP contribution in [-0.4, -0.2) is 28.8 Å². The van der Waals surface area contributed by atoms with Crippen molar-refractivity contribution in [3.63, 3.8) is 0 Å². The van der Waals surface area contributed by atoms with Crippen LogP contribution in [0.3, 0.4) is 0 Å². The van der Waals surface area contributed by atoms with Crippen molar-refractivity contribution >= 4 is 29.2 Å². The molecular formula is C24H32ClNO5. The van der Waals surface area contributed by atoms with E-state index in [4.69, 9.17) is 27.2 Å². The molecular weight excluding hydrogens is 418 g/mol. The Hall–Kier alpha value is -2.73. The summed E-state index contributed by atoms with van der Waals surface area (Å²) in [7, 11) is 0. The fraction of sp³-hybridized carbons (Fsp3) is 0.417. The van der Waals surface area contributed by atoms with Gasteiger partial charge in [0.05, 0.1) is 22.7 Å². The Kier molecular flexibility index (Phi) is 8.94. The van der Waals surface area contributed by atoms with Gasteiger partial charge in [-0.05, 0) is 35.1 Å². The van der Waals surface area contributed by atoms with E-state index in [1.165, 1.54) is 0 Å². The number of carboxylic acid groups (broad SMARTS) is 1. The number of phenolic OH excluding ortho intramolecular Hbond substituents is 1. The van der Waals surface area contributed by atoms with E-state index in [2.05, 4.69) is 0 Å². The topological polar surface area (TPSA) is 110 Å². The summed E-state index contributed by atoms with van der Waals surface area (Å²) < 4.78 is 5.01. The number of phenols is 1. The number of ether oxygens (including phenoxy) is 1. The number of benzene rings is 2. The van der Waals surface area contributed by atoms with Gasteiger partial charge >= 0.3 is 11.9 Å². The Morgan fingerprint density at radius 3 is 1.84 bits per heavy atom. The summed E-state index contributed by atoms with van der Waals surface area (Å²) in [5.41, 5.74) is 6.98. The van der Waals surface area contributed by atoms with Crippen molar-refractivity contribution in [2.75, 3.05) is 12.3 Å². The van der Waals surface area contributed by atoms with Crippen molar-refractivity contribution in [2.24, 2.45) is 0 Å². The minimum absolute atomic E-state index is 0.176. The first kappa shape index (κ1) is 26.3. The van der Waals surface area contributed by atoms with Crippen molar-refractivity contribution in [1.29, 1.82) is 0 Å². The number of rotatable bonds is 4. The van der Waals surface area contributed by atoms with Gasteiger partial charge in [0.15, 0.2) is 0 Å². The molecule has 0 saturated carbocycles. The lowest BCUT2D eigenvalue weighted by Crippen LogP contribution is -2.19. The van der Waals surface area contributed by atoms with Crippen molar-refractivity contribution in [3.8, 4) is 5.75 Å². The van der Waals surface area contributed by atoms with Crippen LogP contribution in [0.5, 0.6) is 5.75 Å². The van der Waals surface area contributed by atoms with E-state index in [-0.39, 0.29) is 29.6 Å². The number of aromatic hydroxyl groups is 1. The third-order valence-corrected chi connectivity index (χ3v) is 4.76. The van der Waals surface area contributed by atoms with Crippen LogP contribution in [0.25, 0.3) is 0 Å². The quantitative estimate of drug-likeness (QED) is 0.417. The molecule has 4 N–H and O–H groups in total. The van der Waals surface area contributed by atoms with E-state index in [9.17, 15) is 14.7 Å². The first-order valence-electron chi connectivity index (χ1n) is 9.91. The van der Waals surface area contributed by atoms with Gasteiger partial charge in [-0.25, -0.2) is 4.79 Å². The number of nitrogen functional groups attached to an aromatic ring is 1. The van der Waals surface area contributed by atoms with Gasteiger partial charge in [0.1, 0.15) is 12.4 Å². The van der Waals surface area contributed by atoms with E-state index in [0.29, 0.717) is 27.4 Å². The van der Waals surface area contributed by atoms with Crippen molar-refractivity contribution in [2.45, 2.75) is 58.8 Å². The van der Waals surface area contributed by atoms with Gasteiger partial charge in [-0.1, -0.05) is 65.3 Å². The Morgan fingerprint density at radius 2 is 1.48 bits per heavy atom. The molecule has 0 aliphatic carbocycles. The lowest BCUT2D eigenvalue weighted by molar-refractivity contribution is -0.137. The number of esters is 1. The monoisotopic (exact) mass is 449 g/mol. The molecule has 2 aromatic rings. The summed E-state index contributed by atoms with van der Waals surface area (Å²) >= 11 is 5.58. The standard InChI is InChI=1S/C18H26O5.C6H6ClN/c1-17(2,3)12-9-11(16(22)23-8-7-14(19)20)10-13(15(12)21)18(4,5)6;7-5-3-1-2-4-6(5)8/h9-10,21H,7-8H2,1-6H3,(H,19,20);1-4H,8H2. The molecule has 0 unspecified atom stereocenters. The predicted molar refractivity (Wildman–Crippen MR) is 124 cm³/mol. The fourth-order valence-corrected chi connectivity index (χ4v) is 2.82. The third kappa shape index (κ3) is 8.13. The Morgan fingerprint density at radius 1 is 1.00 bits per heavy atom. The van der Waals surface area contributed by atoms with Crippen LogP contribution >= 0.6 is 11.6 Å². The number of hydrogen-bond donors (Lipinski definition) is 3. The molecule has 0 amide bonds. The van der Waals surface area contributed by atoms with E-state index in [0.717, 1.165) is 0 Å². The molecule has 0 spiro atoms. The van der Waals surface area contributed by atoms with Gasteiger partial charge in [0.2, 0.25) is 0 Å². The van der Waals surface area contributed by atoms with Crippen LogP contribution in [0.4, 0.5) is 5.69 Å². The molecule has 2 aromatic carbocycles. The van der Waals surface area contributed by atoms with Crippen LogP contribution in [0.1, 0.15) is 69.4 Å². The van der Waals surface area contributed by atoms with Crippen molar-refractivity contribution < 1.29 is 24.5 Å². The molecule has 0 aromatic heterocycles. The van der Waals surface area contributed by atoms with E-state index in [1.807, 2.05) is 53.7 Å². The Bertz CT molecular complexity index is 870. The van der Waals surface area contributed by atoms with E-state index in [1.54, 1.807) is 24.3 Å². The molecule has 0 fully saturated rings. The predicted octanol–water partition coefficient (Wildman–Crippen LogP) is 5.54. The summed E-state index contributed by atoms with van der Waals surface area (Å²) in [5, 5.41) is 19.8. The second kappa shape index (κ2) is 10.5. The highest BCUT2D eigenvalue weighted by Crippen LogP contribution is 2.39. The molecule has 0 bridgehead atoms. The summed E-state index contributed by atoms with van der Waals surface area (Å²) in [5.74, 6) is -1.41. The molecule has 0 radical (unpaired) electrons. The first-order chi connectivity index (χ1) is 14.1. The van der Waals surface area contributed by atoms with Crippen molar-refractivity contribution in [1.82, 2.24) is 0 Å². The SMILES string of the molecule is CC(C)(C)c1cc(C(=O)OCCC(=O)O)cc(C(C)(C)C)c1O.Nc1ccccc1Cl. The van der Waals surface area contributed by atoms with Gasteiger partial charge in [-0.15, -0.1) is 0 Å². The fourth-order valence-electron chi connectivity index (χ4n) is 2.69. The average molecular weight is 450 g/mol. The Labute approximate surface area is 189 Å². The minimum atomic E-state index is -1.02. The van der Waals surface area contributed by atoms with Crippen LogP contribution in [0.2, 0.25) is 5.02 Å². The maximum atomic E-state index is 12.2. The molecule has 170 valence electrons. The molecule has 0 atom stereocenters. The summed E-state index contributed by atoms with van der Waals surface area (Å²) in [4.78, 5) is 22.7. The maximum absolute atomic E-state index is 12.2. The van der Waals surface area contributed by atoms with Gasteiger partial charge in [-0.2, -0.15) is 0 Å². The highest BCUT2D eigenvalue weighted by Gasteiger charge is 2.28. The number of anilines is 1. The summed E-state index contributed by atoms with van der Waals surface area (Å²) in [6, 6.07) is 10.5. The number of para-hydroxylation sites is 1. The van der Waals surface area contributed by atoms with Crippen LogP contribution < -0.4 is 5.73 Å². The van der Waals surface area contributed by atoms with Crippen LogP contribution in [0, 0.1) is 0 Å².